The second-order valence-corrected chi connectivity index (χ2v) is 5.68. The molecule has 2 atom stereocenters. The molecule has 118 valence electrons. The lowest BCUT2D eigenvalue weighted by molar-refractivity contribution is 0.0546. The van der Waals surface area contributed by atoms with E-state index in [9.17, 15) is 4.79 Å². The van der Waals surface area contributed by atoms with Crippen LogP contribution in [-0.4, -0.2) is 44.3 Å². The molecule has 0 spiro atoms. The Bertz CT molecular complexity index is 467. The van der Waals surface area contributed by atoms with Crippen molar-refractivity contribution in [1.82, 2.24) is 4.90 Å². The van der Waals surface area contributed by atoms with Crippen molar-refractivity contribution in [2.24, 2.45) is 5.92 Å². The van der Waals surface area contributed by atoms with Gasteiger partial charge >= 0.3 is 5.97 Å². The third-order valence-corrected chi connectivity index (χ3v) is 4.30. The molecule has 5 heteroatoms. The Balaban J connectivity index is 2.10. The van der Waals surface area contributed by atoms with E-state index in [0.29, 0.717) is 12.6 Å². The fraction of sp³-hybridized carbons (Fsp3) is 0.688. The Hall–Kier alpha value is -1.33. The number of furan rings is 1. The molecule has 0 bridgehead atoms. The zero-order valence-corrected chi connectivity index (χ0v) is 13.3. The molecule has 0 saturated heterocycles. The Labute approximate surface area is 126 Å². The highest BCUT2D eigenvalue weighted by Crippen LogP contribution is 2.38. The van der Waals surface area contributed by atoms with Crippen molar-refractivity contribution in [1.29, 1.82) is 0 Å². The number of carbonyl (C=O) groups excluding carboxylic acids is 1. The Morgan fingerprint density at radius 1 is 1.38 bits per heavy atom. The molecular formula is C16H25NO4. The van der Waals surface area contributed by atoms with Gasteiger partial charge in [0.2, 0.25) is 5.76 Å². The molecule has 1 saturated carbocycles. The molecule has 0 aliphatic heterocycles. The van der Waals surface area contributed by atoms with Crippen LogP contribution in [0.25, 0.3) is 0 Å². The molecular weight excluding hydrogens is 270 g/mol. The molecule has 2 unspecified atom stereocenters. The first-order valence-corrected chi connectivity index (χ1v) is 7.51. The van der Waals surface area contributed by atoms with E-state index in [0.717, 1.165) is 18.2 Å². The maximum Gasteiger partial charge on any atom is 0.373 e. The summed E-state index contributed by atoms with van der Waals surface area (Å²) in [5, 5.41) is 0. The number of rotatable bonds is 8. The second-order valence-electron chi connectivity index (χ2n) is 5.68. The van der Waals surface area contributed by atoms with E-state index in [-0.39, 0.29) is 11.8 Å². The van der Waals surface area contributed by atoms with Crippen LogP contribution >= 0.6 is 0 Å². The van der Waals surface area contributed by atoms with Gasteiger partial charge in [-0.05, 0) is 44.7 Å². The minimum absolute atomic E-state index is 0.106. The van der Waals surface area contributed by atoms with E-state index in [2.05, 4.69) is 23.5 Å². The Morgan fingerprint density at radius 3 is 2.67 bits per heavy atom. The zero-order valence-electron chi connectivity index (χ0n) is 13.3. The quantitative estimate of drug-likeness (QED) is 0.690. The second kappa shape index (κ2) is 7.09. The summed E-state index contributed by atoms with van der Waals surface area (Å²) in [5.74, 6) is 1.37. The number of hydrogen-bond acceptors (Lipinski definition) is 5. The summed E-state index contributed by atoms with van der Waals surface area (Å²) in [4.78, 5) is 13.9. The molecule has 21 heavy (non-hydrogen) atoms. The summed E-state index contributed by atoms with van der Waals surface area (Å²) >= 11 is 0. The van der Waals surface area contributed by atoms with Gasteiger partial charge in [-0.1, -0.05) is 0 Å². The first-order chi connectivity index (χ1) is 10.1. The monoisotopic (exact) mass is 295 g/mol. The zero-order chi connectivity index (χ0) is 15.4. The van der Waals surface area contributed by atoms with Crippen molar-refractivity contribution >= 4 is 5.97 Å². The van der Waals surface area contributed by atoms with E-state index in [4.69, 9.17) is 9.15 Å². The van der Waals surface area contributed by atoms with Gasteiger partial charge in [-0.15, -0.1) is 0 Å². The summed E-state index contributed by atoms with van der Waals surface area (Å²) in [7, 11) is 3.07. The fourth-order valence-corrected chi connectivity index (χ4v) is 2.75. The Kier molecular flexibility index (Phi) is 5.42. The van der Waals surface area contributed by atoms with Crippen LogP contribution in [0.2, 0.25) is 0 Å². The Morgan fingerprint density at radius 2 is 2.10 bits per heavy atom. The molecule has 0 N–H and O–H groups in total. The lowest BCUT2D eigenvalue weighted by atomic mass is 10.1. The van der Waals surface area contributed by atoms with E-state index in [1.807, 2.05) is 6.07 Å². The van der Waals surface area contributed by atoms with Crippen LogP contribution in [0.4, 0.5) is 0 Å². The van der Waals surface area contributed by atoms with E-state index >= 15 is 0 Å². The summed E-state index contributed by atoms with van der Waals surface area (Å²) in [6.07, 6.45) is 2.59. The number of ether oxygens (including phenoxy) is 2. The predicted octanol–water partition coefficient (Wildman–Crippen LogP) is 2.87. The SMILES string of the molecule is COCCN(C(C)c1ccc(C(=O)OC)o1)C(C)C1CC1. The maximum absolute atomic E-state index is 11.5. The summed E-state index contributed by atoms with van der Waals surface area (Å²) in [6.45, 7) is 5.90. The van der Waals surface area contributed by atoms with E-state index in [1.165, 1.54) is 20.0 Å². The van der Waals surface area contributed by atoms with Crippen LogP contribution in [-0.2, 0) is 9.47 Å². The van der Waals surface area contributed by atoms with Crippen LogP contribution in [0.15, 0.2) is 16.5 Å². The highest BCUT2D eigenvalue weighted by molar-refractivity contribution is 5.86. The largest absolute Gasteiger partial charge is 0.463 e. The number of methoxy groups -OCH3 is 2. The van der Waals surface area contributed by atoms with Crippen molar-refractivity contribution in [3.63, 3.8) is 0 Å². The maximum atomic E-state index is 11.5. The average molecular weight is 295 g/mol. The topological polar surface area (TPSA) is 51.9 Å². The van der Waals surface area contributed by atoms with E-state index in [1.54, 1.807) is 13.2 Å². The fourth-order valence-electron chi connectivity index (χ4n) is 2.75. The van der Waals surface area contributed by atoms with Gasteiger partial charge in [-0.25, -0.2) is 4.79 Å². The molecule has 5 nitrogen and oxygen atoms in total. The first-order valence-electron chi connectivity index (χ1n) is 7.51. The molecule has 1 fully saturated rings. The van der Waals surface area contributed by atoms with Crippen LogP contribution in [0.3, 0.4) is 0 Å². The van der Waals surface area contributed by atoms with Gasteiger partial charge in [0.15, 0.2) is 0 Å². The van der Waals surface area contributed by atoms with Crippen molar-refractivity contribution < 1.29 is 18.7 Å². The lowest BCUT2D eigenvalue weighted by Gasteiger charge is -2.33. The number of nitrogens with zero attached hydrogens (tertiary/aromatic N) is 1. The minimum atomic E-state index is -0.438. The molecule has 0 aromatic carbocycles. The highest BCUT2D eigenvalue weighted by atomic mass is 16.5. The molecule has 0 amide bonds. The lowest BCUT2D eigenvalue weighted by Crippen LogP contribution is -2.39. The van der Waals surface area contributed by atoms with Gasteiger partial charge in [-0.2, -0.15) is 0 Å². The molecule has 1 heterocycles. The van der Waals surface area contributed by atoms with Crippen LogP contribution in [0, 0.1) is 5.92 Å². The van der Waals surface area contributed by atoms with Crippen molar-refractivity contribution in [2.45, 2.75) is 38.8 Å². The minimum Gasteiger partial charge on any atom is -0.463 e. The van der Waals surface area contributed by atoms with Gasteiger partial charge in [0.25, 0.3) is 0 Å². The molecule has 1 aromatic rings. The molecule has 1 aliphatic rings. The molecule has 1 aliphatic carbocycles. The van der Waals surface area contributed by atoms with Crippen LogP contribution in [0.5, 0.6) is 0 Å². The third-order valence-electron chi connectivity index (χ3n) is 4.30. The molecule has 1 aromatic heterocycles. The highest BCUT2D eigenvalue weighted by Gasteiger charge is 2.35. The summed E-state index contributed by atoms with van der Waals surface area (Å²) < 4.78 is 15.6. The van der Waals surface area contributed by atoms with Crippen molar-refractivity contribution in [3.8, 4) is 0 Å². The van der Waals surface area contributed by atoms with Gasteiger partial charge in [-0.3, -0.25) is 4.90 Å². The van der Waals surface area contributed by atoms with Crippen molar-refractivity contribution in [2.75, 3.05) is 27.4 Å². The number of carbonyl (C=O) groups is 1. The van der Waals surface area contributed by atoms with Gasteiger partial charge in [0.1, 0.15) is 5.76 Å². The normalized spacial score (nSPS) is 17.8. The summed E-state index contributed by atoms with van der Waals surface area (Å²) in [5.41, 5.74) is 0. The number of hydrogen-bond donors (Lipinski definition) is 0. The molecule has 0 radical (unpaired) electrons. The standard InChI is InChI=1S/C16H25NO4/c1-11(13-5-6-13)17(9-10-19-3)12(2)14-7-8-15(21-14)16(18)20-4/h7-8,11-13H,5-6,9-10H2,1-4H3. The van der Waals surface area contributed by atoms with Gasteiger partial charge in [0.05, 0.1) is 19.8 Å². The smallest absolute Gasteiger partial charge is 0.373 e. The van der Waals surface area contributed by atoms with Crippen LogP contribution in [0.1, 0.15) is 49.0 Å². The average Bonchev–Trinajstić information content (AvgIpc) is 3.23. The van der Waals surface area contributed by atoms with Crippen LogP contribution < -0.4 is 0 Å². The molecule has 2 rings (SSSR count). The third kappa shape index (κ3) is 3.86. The van der Waals surface area contributed by atoms with Crippen molar-refractivity contribution in [3.05, 3.63) is 23.7 Å². The van der Waals surface area contributed by atoms with E-state index < -0.39 is 5.97 Å². The predicted molar refractivity (Wildman–Crippen MR) is 79.2 cm³/mol. The number of esters is 1. The first kappa shape index (κ1) is 16.0. The summed E-state index contributed by atoms with van der Waals surface area (Å²) in [6, 6.07) is 4.13. The van der Waals surface area contributed by atoms with Gasteiger partial charge < -0.3 is 13.9 Å². The van der Waals surface area contributed by atoms with Gasteiger partial charge in [0, 0.05) is 19.7 Å².